The summed E-state index contributed by atoms with van der Waals surface area (Å²) in [4.78, 5) is 10.8. The molecule has 0 aliphatic heterocycles. The first kappa shape index (κ1) is 14.3. The quantitative estimate of drug-likeness (QED) is 0.361. The van der Waals surface area contributed by atoms with Crippen molar-refractivity contribution in [3.63, 3.8) is 0 Å². The number of nitrogens with zero attached hydrogens (tertiary/aromatic N) is 1. The summed E-state index contributed by atoms with van der Waals surface area (Å²) < 4.78 is 21.5. The van der Waals surface area contributed by atoms with E-state index in [-0.39, 0.29) is 17.2 Å². The van der Waals surface area contributed by atoms with E-state index < -0.39 is 14.0 Å². The average Bonchev–Trinajstić information content (AvgIpc) is 2.18. The van der Waals surface area contributed by atoms with E-state index in [1.807, 2.05) is 0 Å². The van der Waals surface area contributed by atoms with E-state index in [4.69, 9.17) is 10.7 Å². The van der Waals surface area contributed by atoms with E-state index in [9.17, 15) is 18.5 Å². The molecule has 94 valence electrons. The molecule has 0 bridgehead atoms. The average molecular weight is 296 g/mol. The summed E-state index contributed by atoms with van der Waals surface area (Å²) in [6.07, 6.45) is 0. The summed E-state index contributed by atoms with van der Waals surface area (Å²) in [5, 5.41) is 10.8. The summed E-state index contributed by atoms with van der Waals surface area (Å²) in [6.45, 7) is 1.74. The van der Waals surface area contributed by atoms with Crippen LogP contribution in [0.2, 0.25) is 0 Å². The monoisotopic (exact) mass is 295 g/mol. The Morgan fingerprint density at radius 2 is 2.12 bits per heavy atom. The van der Waals surface area contributed by atoms with Gasteiger partial charge >= 0.3 is 0 Å². The van der Waals surface area contributed by atoms with Gasteiger partial charge in [0, 0.05) is 22.5 Å². The highest BCUT2D eigenvalue weighted by Gasteiger charge is 2.16. The minimum Gasteiger partial charge on any atom is -0.258 e. The van der Waals surface area contributed by atoms with Crippen molar-refractivity contribution < 1.29 is 13.3 Å². The van der Waals surface area contributed by atoms with Gasteiger partial charge in [-0.15, -0.1) is 11.8 Å². The number of aryl methyl sites for hydroxylation is 1. The van der Waals surface area contributed by atoms with Crippen LogP contribution in [-0.2, 0) is 9.05 Å². The normalized spacial score (nSPS) is 11.4. The van der Waals surface area contributed by atoms with Crippen LogP contribution in [0, 0.1) is 17.0 Å². The zero-order valence-corrected chi connectivity index (χ0v) is 11.3. The zero-order chi connectivity index (χ0) is 13.1. The number of halogens is 1. The van der Waals surface area contributed by atoms with Gasteiger partial charge in [-0.2, -0.15) is 0 Å². The van der Waals surface area contributed by atoms with Crippen molar-refractivity contribution in [2.75, 3.05) is 11.5 Å². The van der Waals surface area contributed by atoms with Crippen molar-refractivity contribution >= 4 is 37.2 Å². The van der Waals surface area contributed by atoms with Crippen LogP contribution in [0.15, 0.2) is 23.1 Å². The molecule has 0 radical (unpaired) electrons. The topological polar surface area (TPSA) is 77.3 Å². The van der Waals surface area contributed by atoms with Gasteiger partial charge in [0.25, 0.3) is 5.69 Å². The fourth-order valence-electron chi connectivity index (χ4n) is 1.21. The first-order chi connectivity index (χ1) is 7.81. The van der Waals surface area contributed by atoms with Gasteiger partial charge in [-0.25, -0.2) is 8.42 Å². The highest BCUT2D eigenvalue weighted by atomic mass is 35.7. The van der Waals surface area contributed by atoms with Crippen LogP contribution in [0.3, 0.4) is 0 Å². The maximum Gasteiger partial charge on any atom is 0.283 e. The van der Waals surface area contributed by atoms with Gasteiger partial charge in [0.05, 0.1) is 15.6 Å². The van der Waals surface area contributed by atoms with Crippen molar-refractivity contribution in [2.45, 2.75) is 11.8 Å². The molecule has 0 amide bonds. The van der Waals surface area contributed by atoms with Gasteiger partial charge in [-0.05, 0) is 12.5 Å². The minimum absolute atomic E-state index is 0.0121. The summed E-state index contributed by atoms with van der Waals surface area (Å²) in [7, 11) is 1.51. The molecule has 17 heavy (non-hydrogen) atoms. The van der Waals surface area contributed by atoms with E-state index in [0.717, 1.165) is 17.3 Å². The molecule has 0 aliphatic carbocycles. The lowest BCUT2D eigenvalue weighted by molar-refractivity contribution is -0.387. The summed E-state index contributed by atoms with van der Waals surface area (Å²) in [6, 6.07) is 4.73. The Morgan fingerprint density at radius 1 is 1.47 bits per heavy atom. The van der Waals surface area contributed by atoms with E-state index in [1.54, 1.807) is 19.1 Å². The fourth-order valence-corrected chi connectivity index (χ4v) is 3.70. The van der Waals surface area contributed by atoms with Crippen molar-refractivity contribution in [3.05, 3.63) is 33.9 Å². The number of nitro benzene ring substituents is 1. The second kappa shape index (κ2) is 5.70. The van der Waals surface area contributed by atoms with Crippen LogP contribution in [-0.4, -0.2) is 24.8 Å². The Kier molecular flexibility index (Phi) is 4.79. The molecular weight excluding hydrogens is 286 g/mol. The smallest absolute Gasteiger partial charge is 0.258 e. The van der Waals surface area contributed by atoms with E-state index in [0.29, 0.717) is 4.90 Å². The number of nitro groups is 1. The second-order valence-electron chi connectivity index (χ2n) is 3.27. The molecule has 5 nitrogen and oxygen atoms in total. The minimum atomic E-state index is -3.56. The molecule has 0 N–H and O–H groups in total. The lowest BCUT2D eigenvalue weighted by atomic mass is 10.2. The van der Waals surface area contributed by atoms with Crippen LogP contribution in [0.4, 0.5) is 5.69 Å². The Bertz CT molecular complexity index is 530. The number of benzene rings is 1. The van der Waals surface area contributed by atoms with E-state index in [2.05, 4.69) is 0 Å². The predicted octanol–water partition coefficient (Wildman–Crippen LogP) is 2.56. The van der Waals surface area contributed by atoms with Crippen molar-refractivity contribution in [1.82, 2.24) is 0 Å². The third-order valence-corrected chi connectivity index (χ3v) is 4.60. The van der Waals surface area contributed by atoms with Crippen LogP contribution < -0.4 is 0 Å². The fraction of sp³-hybridized carbons (Fsp3) is 0.333. The number of hydrogen-bond acceptors (Lipinski definition) is 5. The third-order valence-electron chi connectivity index (χ3n) is 1.96. The van der Waals surface area contributed by atoms with Gasteiger partial charge < -0.3 is 0 Å². The second-order valence-corrected chi connectivity index (χ2v) is 7.27. The van der Waals surface area contributed by atoms with Gasteiger partial charge in [0.1, 0.15) is 0 Å². The number of hydrogen-bond donors (Lipinski definition) is 0. The molecule has 0 heterocycles. The molecule has 0 unspecified atom stereocenters. The largest absolute Gasteiger partial charge is 0.283 e. The lowest BCUT2D eigenvalue weighted by Gasteiger charge is -2.05. The SMILES string of the molecule is Cc1cccc([N+](=O)[O-])c1SCCS(=O)(=O)Cl. The first-order valence-electron chi connectivity index (χ1n) is 4.60. The van der Waals surface area contributed by atoms with Crippen LogP contribution in [0.5, 0.6) is 0 Å². The van der Waals surface area contributed by atoms with E-state index in [1.165, 1.54) is 6.07 Å². The molecule has 1 aromatic rings. The van der Waals surface area contributed by atoms with Gasteiger partial charge in [-0.1, -0.05) is 12.1 Å². The Labute approximate surface area is 108 Å². The molecule has 0 saturated heterocycles. The molecule has 1 rings (SSSR count). The van der Waals surface area contributed by atoms with Crippen LogP contribution in [0.25, 0.3) is 0 Å². The maximum absolute atomic E-state index is 10.8. The van der Waals surface area contributed by atoms with E-state index >= 15 is 0 Å². The summed E-state index contributed by atoms with van der Waals surface area (Å²) in [5.41, 5.74) is 0.734. The highest BCUT2D eigenvalue weighted by Crippen LogP contribution is 2.32. The number of thioether (sulfide) groups is 1. The molecule has 1 aromatic carbocycles. The van der Waals surface area contributed by atoms with Gasteiger partial charge in [0.15, 0.2) is 0 Å². The molecule has 8 heteroatoms. The van der Waals surface area contributed by atoms with Crippen molar-refractivity contribution in [2.24, 2.45) is 0 Å². The molecule has 0 fully saturated rings. The first-order valence-corrected chi connectivity index (χ1v) is 8.07. The Balaban J connectivity index is 2.86. The molecule has 0 spiro atoms. The number of rotatable bonds is 5. The third kappa shape index (κ3) is 4.53. The zero-order valence-electron chi connectivity index (χ0n) is 8.92. The standard InChI is InChI=1S/C9H10ClNO4S2/c1-7-3-2-4-8(11(12)13)9(7)16-5-6-17(10,14)15/h2-4H,5-6H2,1H3. The van der Waals surface area contributed by atoms with Crippen LogP contribution >= 0.6 is 22.4 Å². The highest BCUT2D eigenvalue weighted by molar-refractivity contribution is 8.14. The molecule has 0 aromatic heterocycles. The molecule has 0 atom stereocenters. The summed E-state index contributed by atoms with van der Waals surface area (Å²) >= 11 is 1.12. The molecule has 0 saturated carbocycles. The molecule has 0 aliphatic rings. The Morgan fingerprint density at radius 3 is 2.65 bits per heavy atom. The maximum atomic E-state index is 10.8. The van der Waals surface area contributed by atoms with Gasteiger partial charge in [0.2, 0.25) is 9.05 Å². The predicted molar refractivity (Wildman–Crippen MR) is 68.2 cm³/mol. The van der Waals surface area contributed by atoms with Gasteiger partial charge in [-0.3, -0.25) is 10.1 Å². The summed E-state index contributed by atoms with van der Waals surface area (Å²) in [5.74, 6) is -0.0256. The molecular formula is C9H10ClNO4S2. The lowest BCUT2D eigenvalue weighted by Crippen LogP contribution is -2.01. The Hall–Kier alpha value is -0.790. The van der Waals surface area contributed by atoms with Crippen LogP contribution in [0.1, 0.15) is 5.56 Å². The van der Waals surface area contributed by atoms with Crippen molar-refractivity contribution in [3.8, 4) is 0 Å². The van der Waals surface area contributed by atoms with Crippen molar-refractivity contribution in [1.29, 1.82) is 0 Å².